The number of fused-ring (bicyclic) bond motifs is 2. The monoisotopic (exact) mass is 518 g/mol. The summed E-state index contributed by atoms with van der Waals surface area (Å²) in [6, 6.07) is 19.5. The molecule has 0 saturated carbocycles. The number of morpholine rings is 1. The Morgan fingerprint density at radius 3 is 2.78 bits per heavy atom. The van der Waals surface area contributed by atoms with Crippen LogP contribution in [0.15, 0.2) is 81.4 Å². The minimum absolute atomic E-state index is 0.137. The van der Waals surface area contributed by atoms with E-state index in [4.69, 9.17) is 21.1 Å². The highest BCUT2D eigenvalue weighted by Gasteiger charge is 2.23. The molecule has 182 valence electrons. The summed E-state index contributed by atoms with van der Waals surface area (Å²) in [5, 5.41) is 3.91. The Morgan fingerprint density at radius 2 is 1.94 bits per heavy atom. The molecule has 2 aliphatic rings. The van der Waals surface area contributed by atoms with Gasteiger partial charge in [-0.15, -0.1) is 0 Å². The van der Waals surface area contributed by atoms with E-state index in [9.17, 15) is 4.79 Å². The number of rotatable bonds is 5. The molecule has 36 heavy (non-hydrogen) atoms. The van der Waals surface area contributed by atoms with Crippen molar-refractivity contribution in [3.63, 3.8) is 0 Å². The van der Waals surface area contributed by atoms with E-state index in [1.807, 2.05) is 42.5 Å². The van der Waals surface area contributed by atoms with Crippen LogP contribution in [-0.4, -0.2) is 36.3 Å². The van der Waals surface area contributed by atoms with Gasteiger partial charge in [0, 0.05) is 48.8 Å². The van der Waals surface area contributed by atoms with Crippen LogP contribution in [0.3, 0.4) is 0 Å². The maximum Gasteiger partial charge on any atom is 0.250 e. The molecule has 0 bridgehead atoms. The van der Waals surface area contributed by atoms with Crippen LogP contribution >= 0.6 is 23.4 Å². The minimum Gasteiger partial charge on any atom is -0.454 e. The summed E-state index contributed by atoms with van der Waals surface area (Å²) in [4.78, 5) is 23.9. The fraction of sp³-hybridized carbons (Fsp3) is 0.185. The number of para-hydroxylation sites is 1. The van der Waals surface area contributed by atoms with Crippen LogP contribution in [0.25, 0.3) is 11.3 Å². The predicted octanol–water partition coefficient (Wildman–Crippen LogP) is 5.80. The van der Waals surface area contributed by atoms with Gasteiger partial charge in [0.1, 0.15) is 10.9 Å². The number of anilines is 2. The van der Waals surface area contributed by atoms with E-state index in [0.29, 0.717) is 24.9 Å². The van der Waals surface area contributed by atoms with Crippen LogP contribution in [0.2, 0.25) is 5.15 Å². The highest BCUT2D eigenvalue weighted by Crippen LogP contribution is 2.51. The first-order chi connectivity index (χ1) is 17.6. The van der Waals surface area contributed by atoms with Crippen molar-refractivity contribution in [2.45, 2.75) is 16.3 Å². The molecule has 0 spiro atoms. The third kappa shape index (κ3) is 4.80. The first kappa shape index (κ1) is 23.0. The summed E-state index contributed by atoms with van der Waals surface area (Å²) in [6.45, 7) is 3.49. The van der Waals surface area contributed by atoms with Crippen LogP contribution in [0, 0.1) is 0 Å². The number of nitrogens with one attached hydrogen (secondary N) is 2. The lowest BCUT2D eigenvalue weighted by Gasteiger charge is -2.29. The Morgan fingerprint density at radius 1 is 1.06 bits per heavy atom. The molecule has 0 amide bonds. The number of ether oxygens (including phenoxy) is 2. The Bertz CT molecular complexity index is 1470. The lowest BCUT2D eigenvalue weighted by molar-refractivity contribution is 0.122. The van der Waals surface area contributed by atoms with Gasteiger partial charge >= 0.3 is 0 Å². The lowest BCUT2D eigenvalue weighted by atomic mass is 10.1. The Balaban J connectivity index is 1.26. The van der Waals surface area contributed by atoms with Gasteiger partial charge in [-0.2, -0.15) is 0 Å². The topological polar surface area (TPSA) is 79.5 Å². The van der Waals surface area contributed by atoms with E-state index in [-0.39, 0.29) is 5.56 Å². The summed E-state index contributed by atoms with van der Waals surface area (Å²) >= 11 is 7.53. The van der Waals surface area contributed by atoms with E-state index < -0.39 is 0 Å². The molecule has 4 heterocycles. The van der Waals surface area contributed by atoms with Crippen LogP contribution in [0.1, 0.15) is 5.56 Å². The summed E-state index contributed by atoms with van der Waals surface area (Å²) in [5.41, 5.74) is 4.38. The number of aromatic amines is 1. The van der Waals surface area contributed by atoms with Crippen LogP contribution in [0.4, 0.5) is 11.4 Å². The van der Waals surface area contributed by atoms with Gasteiger partial charge in [-0.25, -0.2) is 4.98 Å². The molecule has 1 fully saturated rings. The van der Waals surface area contributed by atoms with Gasteiger partial charge in [0.05, 0.1) is 28.7 Å². The van der Waals surface area contributed by atoms with E-state index in [1.165, 1.54) is 0 Å². The summed E-state index contributed by atoms with van der Waals surface area (Å²) in [6.07, 6.45) is 1.77. The molecule has 0 radical (unpaired) electrons. The van der Waals surface area contributed by atoms with Gasteiger partial charge < -0.3 is 24.7 Å². The van der Waals surface area contributed by atoms with Gasteiger partial charge in [0.25, 0.3) is 0 Å². The second kappa shape index (κ2) is 9.89. The molecule has 0 atom stereocenters. The number of aromatic nitrogens is 2. The zero-order chi connectivity index (χ0) is 24.5. The van der Waals surface area contributed by atoms with Gasteiger partial charge in [0.2, 0.25) is 5.56 Å². The second-order valence-electron chi connectivity index (χ2n) is 8.56. The molecule has 1 saturated heterocycles. The quantitative estimate of drug-likeness (QED) is 0.285. The molecule has 2 N–H and O–H groups in total. The van der Waals surface area contributed by atoms with Crippen molar-refractivity contribution in [3.05, 3.63) is 87.9 Å². The SMILES string of the molecule is O=c1cc(N2CCOCC2)cc(-c2cccc3c2Oc2ccc(NCc4ccc(Cl)nc4)cc2S3)[nH]1. The fourth-order valence-corrected chi connectivity index (χ4v) is 5.45. The number of H-pyrrole nitrogens is 1. The van der Waals surface area contributed by atoms with Crippen molar-refractivity contribution < 1.29 is 9.47 Å². The van der Waals surface area contributed by atoms with Gasteiger partial charge in [-0.3, -0.25) is 4.79 Å². The lowest BCUT2D eigenvalue weighted by Crippen LogP contribution is -2.36. The Hall–Kier alpha value is -3.46. The number of pyridine rings is 2. The molecule has 0 aliphatic carbocycles. The Kier molecular flexibility index (Phi) is 6.31. The van der Waals surface area contributed by atoms with Crippen LogP contribution < -0.4 is 20.5 Å². The summed E-state index contributed by atoms with van der Waals surface area (Å²) in [5.74, 6) is 1.53. The number of hydrogen-bond acceptors (Lipinski definition) is 7. The standard InChI is InChI=1S/C27H23ClN4O3S/c28-25-7-4-17(16-30-25)15-29-18-5-6-22-24(12-18)36-23-3-1-2-20(27(23)35-22)21-13-19(14-26(33)31-21)32-8-10-34-11-9-32/h1-7,12-14,16,29H,8-11,15H2,(H,31,33). The number of benzene rings is 2. The highest BCUT2D eigenvalue weighted by molar-refractivity contribution is 7.99. The molecule has 2 aliphatic heterocycles. The fourth-order valence-electron chi connectivity index (χ4n) is 4.32. The van der Waals surface area contributed by atoms with E-state index in [0.717, 1.165) is 62.6 Å². The average Bonchev–Trinajstić information content (AvgIpc) is 2.91. The molecule has 2 aromatic heterocycles. The molecular weight excluding hydrogens is 496 g/mol. The maximum absolute atomic E-state index is 12.5. The number of halogens is 1. The summed E-state index contributed by atoms with van der Waals surface area (Å²) in [7, 11) is 0. The zero-order valence-electron chi connectivity index (χ0n) is 19.3. The highest BCUT2D eigenvalue weighted by atomic mass is 35.5. The summed E-state index contributed by atoms with van der Waals surface area (Å²) < 4.78 is 11.9. The van der Waals surface area contributed by atoms with Crippen molar-refractivity contribution in [1.29, 1.82) is 0 Å². The van der Waals surface area contributed by atoms with Crippen molar-refractivity contribution in [2.24, 2.45) is 0 Å². The molecule has 0 unspecified atom stereocenters. The molecule has 9 heteroatoms. The first-order valence-electron chi connectivity index (χ1n) is 11.7. The molecule has 7 nitrogen and oxygen atoms in total. The van der Waals surface area contributed by atoms with E-state index >= 15 is 0 Å². The van der Waals surface area contributed by atoms with E-state index in [1.54, 1.807) is 30.1 Å². The van der Waals surface area contributed by atoms with Gasteiger partial charge in [-0.05, 0) is 48.0 Å². The largest absolute Gasteiger partial charge is 0.454 e. The van der Waals surface area contributed by atoms with Gasteiger partial charge in [-0.1, -0.05) is 35.5 Å². The normalized spacial score (nSPS) is 14.5. The van der Waals surface area contributed by atoms with Crippen molar-refractivity contribution in [1.82, 2.24) is 9.97 Å². The number of hydrogen-bond donors (Lipinski definition) is 2. The van der Waals surface area contributed by atoms with Crippen molar-refractivity contribution >= 4 is 34.7 Å². The number of nitrogens with zero attached hydrogens (tertiary/aromatic N) is 2. The molecule has 4 aromatic rings. The van der Waals surface area contributed by atoms with Crippen molar-refractivity contribution in [2.75, 3.05) is 36.5 Å². The Labute approximate surface area is 217 Å². The maximum atomic E-state index is 12.5. The minimum atomic E-state index is -0.137. The van der Waals surface area contributed by atoms with Crippen LogP contribution in [0.5, 0.6) is 11.5 Å². The van der Waals surface area contributed by atoms with Gasteiger partial charge in [0.15, 0.2) is 5.75 Å². The smallest absolute Gasteiger partial charge is 0.250 e. The molecule has 2 aromatic carbocycles. The van der Waals surface area contributed by atoms with E-state index in [2.05, 4.69) is 26.3 Å². The zero-order valence-corrected chi connectivity index (χ0v) is 20.9. The van der Waals surface area contributed by atoms with Crippen molar-refractivity contribution in [3.8, 4) is 22.8 Å². The average molecular weight is 519 g/mol. The first-order valence-corrected chi connectivity index (χ1v) is 12.9. The molecular formula is C27H23ClN4O3S. The molecule has 6 rings (SSSR count). The van der Waals surface area contributed by atoms with Crippen LogP contribution in [-0.2, 0) is 11.3 Å². The third-order valence-electron chi connectivity index (χ3n) is 6.14. The third-order valence-corrected chi connectivity index (χ3v) is 7.44. The predicted molar refractivity (Wildman–Crippen MR) is 143 cm³/mol. The second-order valence-corrected chi connectivity index (χ2v) is 10.0.